The number of carbonyl (C=O) groups is 2. The molecule has 8 nitrogen and oxygen atoms in total. The molecule has 0 radical (unpaired) electrons. The maximum Gasteiger partial charge on any atom is 0.289 e. The van der Waals surface area contributed by atoms with Gasteiger partial charge in [-0.15, -0.1) is 10.2 Å². The fraction of sp³-hybridized carbons (Fsp3) is 0.636. The van der Waals surface area contributed by atoms with Crippen molar-refractivity contribution in [2.75, 3.05) is 19.6 Å². The van der Waals surface area contributed by atoms with E-state index in [9.17, 15) is 9.59 Å². The molecule has 0 bridgehead atoms. The number of likely N-dealkylation sites (tertiary alicyclic amines) is 1. The van der Waals surface area contributed by atoms with Crippen molar-refractivity contribution >= 4 is 11.8 Å². The van der Waals surface area contributed by atoms with Crippen molar-refractivity contribution in [1.29, 1.82) is 0 Å². The van der Waals surface area contributed by atoms with Crippen LogP contribution in [-0.4, -0.2) is 51.1 Å². The van der Waals surface area contributed by atoms with E-state index >= 15 is 0 Å². The van der Waals surface area contributed by atoms with E-state index < -0.39 is 0 Å². The summed E-state index contributed by atoms with van der Waals surface area (Å²) in [6.45, 7) is 7.17. The van der Waals surface area contributed by atoms with Gasteiger partial charge in [-0.25, -0.2) is 0 Å². The van der Waals surface area contributed by atoms with E-state index in [-0.39, 0.29) is 17.2 Å². The Morgan fingerprint density at radius 3 is 2.73 bits per heavy atom. The number of fused-ring (bicyclic) bond motifs is 1. The molecule has 0 atom stereocenters. The van der Waals surface area contributed by atoms with Crippen molar-refractivity contribution in [3.05, 3.63) is 35.8 Å². The van der Waals surface area contributed by atoms with Crippen molar-refractivity contribution < 1.29 is 14.0 Å². The Kier molecular flexibility index (Phi) is 5.92. The van der Waals surface area contributed by atoms with Gasteiger partial charge in [0.2, 0.25) is 11.7 Å². The standard InChI is InChI=1S/C22H31N5O3/c1-16(2)6-10-23-21(29)20-25-24-18-5-7-22(15-27(18)20)8-11-26(12-9-22)19(28)14-17-4-3-13-30-17/h3-4,13,16H,5-12,14-15H2,1-2H3,(H,23,29). The highest BCUT2D eigenvalue weighted by atomic mass is 16.3. The summed E-state index contributed by atoms with van der Waals surface area (Å²) in [4.78, 5) is 27.1. The first kappa shape index (κ1) is 20.6. The maximum atomic E-state index is 12.6. The number of carbonyl (C=O) groups excluding carboxylic acids is 2. The molecule has 8 heteroatoms. The smallest absolute Gasteiger partial charge is 0.289 e. The lowest BCUT2D eigenvalue weighted by atomic mass is 9.73. The van der Waals surface area contributed by atoms with Crippen LogP contribution in [0.5, 0.6) is 0 Å². The monoisotopic (exact) mass is 413 g/mol. The Morgan fingerprint density at radius 1 is 1.23 bits per heavy atom. The van der Waals surface area contributed by atoms with Gasteiger partial charge in [0.25, 0.3) is 5.91 Å². The van der Waals surface area contributed by atoms with E-state index in [1.54, 1.807) is 6.26 Å². The third-order valence-electron chi connectivity index (χ3n) is 6.49. The number of aryl methyl sites for hydroxylation is 1. The predicted octanol–water partition coefficient (Wildman–Crippen LogP) is 2.44. The van der Waals surface area contributed by atoms with Gasteiger partial charge in [0.1, 0.15) is 11.6 Å². The van der Waals surface area contributed by atoms with Gasteiger partial charge < -0.3 is 19.2 Å². The van der Waals surface area contributed by atoms with Crippen LogP contribution >= 0.6 is 0 Å². The highest BCUT2D eigenvalue weighted by molar-refractivity contribution is 5.90. The van der Waals surface area contributed by atoms with Crippen LogP contribution in [-0.2, 0) is 24.2 Å². The fourth-order valence-corrected chi connectivity index (χ4v) is 4.51. The molecule has 4 heterocycles. The number of nitrogens with one attached hydrogen (secondary N) is 1. The Morgan fingerprint density at radius 2 is 2.03 bits per heavy atom. The molecule has 0 aliphatic carbocycles. The fourth-order valence-electron chi connectivity index (χ4n) is 4.51. The third-order valence-corrected chi connectivity index (χ3v) is 6.49. The SMILES string of the molecule is CC(C)CCNC(=O)c1nnc2n1CC1(CC2)CCN(C(=O)Cc2ccco2)CC1. The number of rotatable bonds is 6. The van der Waals surface area contributed by atoms with Crippen LogP contribution in [0.3, 0.4) is 0 Å². The molecule has 1 N–H and O–H groups in total. The lowest BCUT2D eigenvalue weighted by molar-refractivity contribution is -0.133. The van der Waals surface area contributed by atoms with E-state index in [4.69, 9.17) is 4.42 Å². The van der Waals surface area contributed by atoms with Gasteiger partial charge in [-0.2, -0.15) is 0 Å². The van der Waals surface area contributed by atoms with E-state index in [2.05, 4.69) is 29.4 Å². The van der Waals surface area contributed by atoms with Gasteiger partial charge in [-0.1, -0.05) is 13.8 Å². The number of aromatic nitrogens is 3. The molecule has 2 aliphatic heterocycles. The Labute approximate surface area is 177 Å². The van der Waals surface area contributed by atoms with Crippen LogP contribution in [0.1, 0.15) is 61.7 Å². The molecule has 2 aromatic rings. The van der Waals surface area contributed by atoms with Gasteiger partial charge >= 0.3 is 0 Å². The molecule has 2 amide bonds. The number of furan rings is 1. The minimum absolute atomic E-state index is 0.101. The van der Waals surface area contributed by atoms with E-state index in [0.717, 1.165) is 57.6 Å². The minimum atomic E-state index is -0.141. The predicted molar refractivity (Wildman–Crippen MR) is 111 cm³/mol. The topological polar surface area (TPSA) is 93.3 Å². The van der Waals surface area contributed by atoms with E-state index in [0.29, 0.717) is 30.5 Å². The normalized spacial score (nSPS) is 17.9. The van der Waals surface area contributed by atoms with Crippen LogP contribution in [0.15, 0.2) is 22.8 Å². The zero-order valence-corrected chi connectivity index (χ0v) is 17.9. The number of hydrogen-bond donors (Lipinski definition) is 1. The molecule has 1 spiro atoms. The zero-order chi connectivity index (χ0) is 21.1. The van der Waals surface area contributed by atoms with Gasteiger partial charge in [-0.05, 0) is 49.1 Å². The molecule has 2 aliphatic rings. The summed E-state index contributed by atoms with van der Waals surface area (Å²) >= 11 is 0. The van der Waals surface area contributed by atoms with Crippen LogP contribution in [0.2, 0.25) is 0 Å². The lowest BCUT2D eigenvalue weighted by Crippen LogP contribution is -2.47. The summed E-state index contributed by atoms with van der Waals surface area (Å²) in [6.07, 6.45) is 6.58. The van der Waals surface area contributed by atoms with Crippen LogP contribution in [0, 0.1) is 11.3 Å². The van der Waals surface area contributed by atoms with Crippen molar-refractivity contribution in [2.24, 2.45) is 11.3 Å². The summed E-state index contributed by atoms with van der Waals surface area (Å²) in [5, 5.41) is 11.4. The molecule has 4 rings (SSSR count). The van der Waals surface area contributed by atoms with Gasteiger partial charge in [0.15, 0.2) is 0 Å². The highest BCUT2D eigenvalue weighted by Gasteiger charge is 2.40. The lowest BCUT2D eigenvalue weighted by Gasteiger charge is -2.44. The molecule has 2 aromatic heterocycles. The molecule has 0 unspecified atom stereocenters. The summed E-state index contributed by atoms with van der Waals surface area (Å²) in [5.41, 5.74) is 0.101. The highest BCUT2D eigenvalue weighted by Crippen LogP contribution is 2.41. The average molecular weight is 414 g/mol. The first-order valence-electron chi connectivity index (χ1n) is 11.0. The Hall–Kier alpha value is -2.64. The first-order valence-corrected chi connectivity index (χ1v) is 11.0. The van der Waals surface area contributed by atoms with Crippen LogP contribution < -0.4 is 5.32 Å². The van der Waals surface area contributed by atoms with Crippen molar-refractivity contribution in [1.82, 2.24) is 25.0 Å². The van der Waals surface area contributed by atoms with E-state index in [1.165, 1.54) is 0 Å². The van der Waals surface area contributed by atoms with E-state index in [1.807, 2.05) is 21.6 Å². The second-order valence-corrected chi connectivity index (χ2v) is 9.10. The summed E-state index contributed by atoms with van der Waals surface area (Å²) in [5.74, 6) is 2.54. The third kappa shape index (κ3) is 4.42. The molecular weight excluding hydrogens is 382 g/mol. The zero-order valence-electron chi connectivity index (χ0n) is 17.9. The first-order chi connectivity index (χ1) is 14.5. The number of piperidine rings is 1. The molecule has 1 saturated heterocycles. The Balaban J connectivity index is 1.36. The van der Waals surface area contributed by atoms with Crippen molar-refractivity contribution in [2.45, 2.75) is 58.9 Å². The number of hydrogen-bond acceptors (Lipinski definition) is 5. The van der Waals surface area contributed by atoms with Gasteiger partial charge in [0, 0.05) is 32.6 Å². The summed E-state index contributed by atoms with van der Waals surface area (Å²) in [6, 6.07) is 3.65. The minimum Gasteiger partial charge on any atom is -0.469 e. The molecule has 0 saturated carbocycles. The van der Waals surface area contributed by atoms with Gasteiger partial charge in [-0.3, -0.25) is 9.59 Å². The molecule has 0 aromatic carbocycles. The maximum absolute atomic E-state index is 12.6. The Bertz CT molecular complexity index is 879. The molecule has 1 fully saturated rings. The average Bonchev–Trinajstić information content (AvgIpc) is 3.37. The second kappa shape index (κ2) is 8.62. The number of amides is 2. The quantitative estimate of drug-likeness (QED) is 0.785. The summed E-state index contributed by atoms with van der Waals surface area (Å²) < 4.78 is 7.32. The second-order valence-electron chi connectivity index (χ2n) is 9.10. The van der Waals surface area contributed by atoms with Crippen LogP contribution in [0.4, 0.5) is 0 Å². The number of nitrogens with zero attached hydrogens (tertiary/aromatic N) is 4. The van der Waals surface area contributed by atoms with Crippen molar-refractivity contribution in [3.63, 3.8) is 0 Å². The largest absolute Gasteiger partial charge is 0.469 e. The van der Waals surface area contributed by atoms with Crippen LogP contribution in [0.25, 0.3) is 0 Å². The van der Waals surface area contributed by atoms with Crippen molar-refractivity contribution in [3.8, 4) is 0 Å². The summed E-state index contributed by atoms with van der Waals surface area (Å²) in [7, 11) is 0. The molecular formula is C22H31N5O3. The molecule has 30 heavy (non-hydrogen) atoms. The van der Waals surface area contributed by atoms with Gasteiger partial charge in [0.05, 0.1) is 12.7 Å². The molecule has 162 valence electrons.